The molecule has 28 heavy (non-hydrogen) atoms. The molecule has 1 N–H and O–H groups in total. The summed E-state index contributed by atoms with van der Waals surface area (Å²) in [5.41, 5.74) is 2.50. The highest BCUT2D eigenvalue weighted by atomic mass is 19.1. The normalized spacial score (nSPS) is 15.9. The van der Waals surface area contributed by atoms with Gasteiger partial charge in [-0.2, -0.15) is 0 Å². The fraction of sp³-hybridized carbons (Fsp3) is 0.348. The third-order valence-corrected chi connectivity index (χ3v) is 5.54. The Hall–Kier alpha value is -2.50. The molecule has 1 atom stereocenters. The molecule has 0 aliphatic carbocycles. The van der Waals surface area contributed by atoms with E-state index in [1.54, 1.807) is 13.0 Å². The van der Waals surface area contributed by atoms with E-state index in [1.165, 1.54) is 30.5 Å². The van der Waals surface area contributed by atoms with Gasteiger partial charge in [-0.15, -0.1) is 0 Å². The molecule has 1 fully saturated rings. The minimum absolute atomic E-state index is 0.109. The molecule has 1 aromatic heterocycles. The van der Waals surface area contributed by atoms with Crippen molar-refractivity contribution < 1.29 is 13.6 Å². The molecule has 0 amide bonds. The van der Waals surface area contributed by atoms with Crippen molar-refractivity contribution in [3.63, 3.8) is 0 Å². The van der Waals surface area contributed by atoms with Gasteiger partial charge in [0.25, 0.3) is 0 Å². The number of aryl methyl sites for hydroxylation is 1. The molecule has 0 radical (unpaired) electrons. The molecule has 146 valence electrons. The van der Waals surface area contributed by atoms with Gasteiger partial charge in [-0.1, -0.05) is 30.3 Å². The molecule has 1 aliphatic heterocycles. The van der Waals surface area contributed by atoms with Gasteiger partial charge in [-0.25, -0.2) is 4.39 Å². The van der Waals surface area contributed by atoms with E-state index in [9.17, 15) is 9.18 Å². The van der Waals surface area contributed by atoms with Gasteiger partial charge in [0.05, 0.1) is 6.54 Å². The summed E-state index contributed by atoms with van der Waals surface area (Å²) in [4.78, 5) is 15.2. The molecule has 4 nitrogen and oxygen atoms in total. The second-order valence-electron chi connectivity index (χ2n) is 7.42. The molecule has 2 heterocycles. The summed E-state index contributed by atoms with van der Waals surface area (Å²) < 4.78 is 19.2. The molecule has 0 saturated carbocycles. The number of hydrogen-bond acceptors (Lipinski definition) is 4. The number of nitrogens with one attached hydrogen (secondary N) is 1. The molecule has 1 saturated heterocycles. The third-order valence-electron chi connectivity index (χ3n) is 5.54. The number of Topliss-reactive ketones (excluding diaryl/α,β-unsaturated/α-hetero) is 1. The lowest BCUT2D eigenvalue weighted by Crippen LogP contribution is -2.36. The summed E-state index contributed by atoms with van der Waals surface area (Å²) in [6.45, 7) is 4.87. The zero-order valence-electron chi connectivity index (χ0n) is 16.1. The van der Waals surface area contributed by atoms with Crippen molar-refractivity contribution in [1.82, 2.24) is 10.2 Å². The number of hydrogen-bond donors (Lipinski definition) is 1. The molecule has 1 unspecified atom stereocenters. The maximum Gasteiger partial charge on any atom is 0.212 e. The predicted octanol–water partition coefficient (Wildman–Crippen LogP) is 4.49. The van der Waals surface area contributed by atoms with E-state index in [4.69, 9.17) is 4.42 Å². The van der Waals surface area contributed by atoms with Crippen LogP contribution in [0.25, 0.3) is 11.0 Å². The van der Waals surface area contributed by atoms with Crippen LogP contribution in [-0.2, 0) is 0 Å². The number of ketones is 1. The van der Waals surface area contributed by atoms with Gasteiger partial charge >= 0.3 is 0 Å². The minimum atomic E-state index is -0.329. The van der Waals surface area contributed by atoms with E-state index in [-0.39, 0.29) is 24.2 Å². The molecule has 5 heteroatoms. The van der Waals surface area contributed by atoms with Crippen LogP contribution in [0.5, 0.6) is 0 Å². The highest BCUT2D eigenvalue weighted by molar-refractivity contribution is 6.01. The third kappa shape index (κ3) is 3.86. The SMILES string of the molecule is Cc1c(C(=O)CNCC(c2ccccc2)N2CCCC2)oc2ccc(F)cc12. The zero-order chi connectivity index (χ0) is 19.5. The van der Waals surface area contributed by atoms with Crippen molar-refractivity contribution in [2.45, 2.75) is 25.8 Å². The van der Waals surface area contributed by atoms with Crippen LogP contribution < -0.4 is 5.32 Å². The highest BCUT2D eigenvalue weighted by Gasteiger charge is 2.24. The van der Waals surface area contributed by atoms with Crippen LogP contribution in [0.3, 0.4) is 0 Å². The smallest absolute Gasteiger partial charge is 0.212 e. The van der Waals surface area contributed by atoms with E-state index in [0.29, 0.717) is 28.8 Å². The van der Waals surface area contributed by atoms with Gasteiger partial charge in [0.1, 0.15) is 11.4 Å². The van der Waals surface area contributed by atoms with Crippen molar-refractivity contribution in [2.75, 3.05) is 26.2 Å². The summed E-state index contributed by atoms with van der Waals surface area (Å²) >= 11 is 0. The van der Waals surface area contributed by atoms with Gasteiger partial charge in [0, 0.05) is 23.5 Å². The topological polar surface area (TPSA) is 45.5 Å². The van der Waals surface area contributed by atoms with Crippen molar-refractivity contribution in [2.24, 2.45) is 0 Å². The summed E-state index contributed by atoms with van der Waals surface area (Å²) in [6, 6.07) is 15.0. The van der Waals surface area contributed by atoms with Crippen LogP contribution in [0.2, 0.25) is 0 Å². The van der Waals surface area contributed by atoms with Crippen LogP contribution in [-0.4, -0.2) is 36.9 Å². The van der Waals surface area contributed by atoms with Gasteiger partial charge < -0.3 is 9.73 Å². The quantitative estimate of drug-likeness (QED) is 0.614. The number of furan rings is 1. The monoisotopic (exact) mass is 380 g/mol. The number of fused-ring (bicyclic) bond motifs is 1. The first-order chi connectivity index (χ1) is 13.6. The average molecular weight is 380 g/mol. The van der Waals surface area contributed by atoms with Crippen LogP contribution in [0.15, 0.2) is 52.9 Å². The van der Waals surface area contributed by atoms with Crippen molar-refractivity contribution in [3.8, 4) is 0 Å². The Kier molecular flexibility index (Phi) is 5.55. The van der Waals surface area contributed by atoms with Crippen LogP contribution in [0.4, 0.5) is 4.39 Å². The molecule has 3 aromatic rings. The van der Waals surface area contributed by atoms with Gasteiger partial charge in [-0.05, 0) is 56.6 Å². The van der Waals surface area contributed by atoms with E-state index in [0.717, 1.165) is 13.1 Å². The lowest BCUT2D eigenvalue weighted by Gasteiger charge is -2.28. The number of halogens is 1. The van der Waals surface area contributed by atoms with E-state index in [1.807, 2.05) is 6.07 Å². The van der Waals surface area contributed by atoms with Crippen molar-refractivity contribution in [3.05, 3.63) is 71.2 Å². The maximum atomic E-state index is 13.5. The summed E-state index contributed by atoms with van der Waals surface area (Å²) in [5.74, 6) is -0.127. The van der Waals surface area contributed by atoms with E-state index in [2.05, 4.69) is 34.5 Å². The first kappa shape index (κ1) is 18.8. The van der Waals surface area contributed by atoms with E-state index >= 15 is 0 Å². The number of likely N-dealkylation sites (tertiary alicyclic amines) is 1. The van der Waals surface area contributed by atoms with Crippen molar-refractivity contribution in [1.29, 1.82) is 0 Å². The minimum Gasteiger partial charge on any atom is -0.453 e. The number of carbonyl (C=O) groups excluding carboxylic acids is 1. The predicted molar refractivity (Wildman–Crippen MR) is 108 cm³/mol. The molecular weight excluding hydrogens is 355 g/mol. The number of carbonyl (C=O) groups is 1. The first-order valence-corrected chi connectivity index (χ1v) is 9.85. The lowest BCUT2D eigenvalue weighted by molar-refractivity contribution is 0.0962. The average Bonchev–Trinajstić information content (AvgIpc) is 3.35. The summed E-state index contributed by atoms with van der Waals surface area (Å²) in [7, 11) is 0. The zero-order valence-corrected chi connectivity index (χ0v) is 16.1. The number of benzene rings is 2. The Morgan fingerprint density at radius 3 is 2.68 bits per heavy atom. The van der Waals surface area contributed by atoms with Crippen LogP contribution in [0.1, 0.15) is 40.6 Å². The van der Waals surface area contributed by atoms with Crippen molar-refractivity contribution >= 4 is 16.8 Å². The molecule has 2 aromatic carbocycles. The fourth-order valence-corrected chi connectivity index (χ4v) is 4.05. The van der Waals surface area contributed by atoms with Crippen LogP contribution in [0, 0.1) is 12.7 Å². The second kappa shape index (κ2) is 8.25. The lowest BCUT2D eigenvalue weighted by atomic mass is 10.1. The van der Waals surface area contributed by atoms with Gasteiger partial charge in [0.15, 0.2) is 5.76 Å². The van der Waals surface area contributed by atoms with Gasteiger partial charge in [0.2, 0.25) is 5.78 Å². The van der Waals surface area contributed by atoms with E-state index < -0.39 is 0 Å². The molecule has 0 bridgehead atoms. The Balaban J connectivity index is 1.44. The second-order valence-corrected chi connectivity index (χ2v) is 7.42. The molecule has 4 rings (SSSR count). The Morgan fingerprint density at radius 1 is 1.18 bits per heavy atom. The Morgan fingerprint density at radius 2 is 1.93 bits per heavy atom. The molecule has 0 spiro atoms. The maximum absolute atomic E-state index is 13.5. The number of nitrogens with zero attached hydrogens (tertiary/aromatic N) is 1. The number of rotatable bonds is 7. The van der Waals surface area contributed by atoms with Gasteiger partial charge in [-0.3, -0.25) is 9.69 Å². The fourth-order valence-electron chi connectivity index (χ4n) is 4.05. The highest BCUT2D eigenvalue weighted by Crippen LogP contribution is 2.27. The Labute approximate surface area is 164 Å². The first-order valence-electron chi connectivity index (χ1n) is 9.85. The molecular formula is C23H25FN2O2. The largest absolute Gasteiger partial charge is 0.453 e. The standard InChI is InChI=1S/C23H25FN2O2/c1-16-19-13-18(24)9-10-22(19)28-23(16)21(27)15-25-14-20(26-11-5-6-12-26)17-7-3-2-4-8-17/h2-4,7-10,13,20,25H,5-6,11-12,14-15H2,1H3. The Bertz CT molecular complexity index is 961. The summed E-state index contributed by atoms with van der Waals surface area (Å²) in [5, 5.41) is 3.97. The van der Waals surface area contributed by atoms with Crippen LogP contribution >= 0.6 is 0 Å². The molecule has 1 aliphatic rings. The summed E-state index contributed by atoms with van der Waals surface area (Å²) in [6.07, 6.45) is 2.44.